The van der Waals surface area contributed by atoms with Gasteiger partial charge in [0, 0.05) is 12.4 Å². The summed E-state index contributed by atoms with van der Waals surface area (Å²) < 4.78 is 3.75. The molecule has 0 aliphatic rings. The number of benzene rings is 1. The van der Waals surface area contributed by atoms with Crippen LogP contribution in [0.1, 0.15) is 32.3 Å². The van der Waals surface area contributed by atoms with E-state index in [0.29, 0.717) is 11.4 Å². The number of hydrogen-bond donors (Lipinski definition) is 1. The lowest BCUT2D eigenvalue weighted by Crippen LogP contribution is -2.11. The summed E-state index contributed by atoms with van der Waals surface area (Å²) in [4.78, 5) is 14.5. The van der Waals surface area contributed by atoms with E-state index in [2.05, 4.69) is 27.6 Å². The number of nitrogens with zero attached hydrogens (tertiary/aromatic N) is 4. The Labute approximate surface area is 161 Å². The Morgan fingerprint density at radius 3 is 2.52 bits per heavy atom. The second-order valence-electron chi connectivity index (χ2n) is 6.68. The van der Waals surface area contributed by atoms with E-state index in [4.69, 9.17) is 0 Å². The first kappa shape index (κ1) is 17.5. The highest BCUT2D eigenvalue weighted by Crippen LogP contribution is 2.30. The van der Waals surface area contributed by atoms with Gasteiger partial charge in [0.15, 0.2) is 0 Å². The molecule has 0 saturated heterocycles. The lowest BCUT2D eigenvalue weighted by Gasteiger charge is -2.04. The molecule has 1 N–H and O–H groups in total. The molecule has 0 aliphatic carbocycles. The fourth-order valence-corrected chi connectivity index (χ4v) is 4.27. The molecule has 4 rings (SSSR count). The highest BCUT2D eigenvalue weighted by atomic mass is 32.1. The molecular weight excluding hydrogens is 358 g/mol. The largest absolute Gasteiger partial charge is 0.318 e. The van der Waals surface area contributed by atoms with Crippen molar-refractivity contribution in [1.82, 2.24) is 19.6 Å². The third kappa shape index (κ3) is 3.14. The van der Waals surface area contributed by atoms with Gasteiger partial charge in [-0.3, -0.25) is 14.2 Å². The molecular formula is C20H21N5OS. The summed E-state index contributed by atoms with van der Waals surface area (Å²) in [5.74, 6) is -0.110. The number of thiophene rings is 1. The first-order valence-corrected chi connectivity index (χ1v) is 9.58. The van der Waals surface area contributed by atoms with Crippen molar-refractivity contribution in [1.29, 1.82) is 0 Å². The van der Waals surface area contributed by atoms with Crippen LogP contribution in [-0.2, 0) is 13.6 Å². The summed E-state index contributed by atoms with van der Waals surface area (Å²) in [6.07, 6.45) is 0. The summed E-state index contributed by atoms with van der Waals surface area (Å²) >= 11 is 1.47. The number of aromatic nitrogens is 4. The molecule has 1 aromatic carbocycles. The molecule has 0 unspecified atom stereocenters. The molecule has 0 bridgehead atoms. The second-order valence-corrected chi connectivity index (χ2v) is 7.71. The Morgan fingerprint density at radius 1 is 1.11 bits per heavy atom. The molecule has 6 nitrogen and oxygen atoms in total. The van der Waals surface area contributed by atoms with Crippen LogP contribution in [0.2, 0.25) is 0 Å². The van der Waals surface area contributed by atoms with Crippen LogP contribution in [-0.4, -0.2) is 25.5 Å². The first-order chi connectivity index (χ1) is 12.9. The lowest BCUT2D eigenvalue weighted by molar-refractivity contribution is 0.103. The molecule has 4 aromatic rings. The maximum absolute atomic E-state index is 12.8. The van der Waals surface area contributed by atoms with Crippen molar-refractivity contribution in [2.24, 2.45) is 7.05 Å². The predicted octanol–water partition coefficient (Wildman–Crippen LogP) is 4.06. The minimum Gasteiger partial charge on any atom is -0.318 e. The van der Waals surface area contributed by atoms with E-state index < -0.39 is 0 Å². The van der Waals surface area contributed by atoms with Crippen LogP contribution in [0.3, 0.4) is 0 Å². The zero-order valence-corrected chi connectivity index (χ0v) is 16.6. The fraction of sp³-hybridized carbons (Fsp3) is 0.250. The van der Waals surface area contributed by atoms with Gasteiger partial charge in [-0.2, -0.15) is 10.2 Å². The fourth-order valence-electron chi connectivity index (χ4n) is 3.22. The van der Waals surface area contributed by atoms with E-state index in [0.717, 1.165) is 33.0 Å². The standard InChI is InChI=1S/C20H21N5OS/c1-12-16-10-17(19(26)21-18-13(2)22-24(4)14(18)3)27-20(16)25(23-12)11-15-8-6-5-7-9-15/h5-10H,11H2,1-4H3,(H,21,26). The van der Waals surface area contributed by atoms with E-state index in [-0.39, 0.29) is 5.91 Å². The summed E-state index contributed by atoms with van der Waals surface area (Å²) in [6.45, 7) is 6.51. The monoisotopic (exact) mass is 379 g/mol. The van der Waals surface area contributed by atoms with Crippen LogP contribution >= 0.6 is 11.3 Å². The smallest absolute Gasteiger partial charge is 0.265 e. The SMILES string of the molecule is Cc1nn(C)c(C)c1NC(=O)c1cc2c(C)nn(Cc3ccccc3)c2s1. The van der Waals surface area contributed by atoms with Crippen LogP contribution in [0.15, 0.2) is 36.4 Å². The van der Waals surface area contributed by atoms with Gasteiger partial charge >= 0.3 is 0 Å². The molecule has 1 amide bonds. The van der Waals surface area contributed by atoms with Crippen molar-refractivity contribution >= 4 is 33.1 Å². The molecule has 0 saturated carbocycles. The van der Waals surface area contributed by atoms with E-state index in [9.17, 15) is 4.79 Å². The number of nitrogens with one attached hydrogen (secondary N) is 1. The minimum absolute atomic E-state index is 0.110. The van der Waals surface area contributed by atoms with Gasteiger partial charge in [0.25, 0.3) is 5.91 Å². The third-order valence-corrected chi connectivity index (χ3v) is 5.90. The Bertz CT molecular complexity index is 1140. The van der Waals surface area contributed by atoms with Gasteiger partial charge in [0.05, 0.1) is 34.2 Å². The topological polar surface area (TPSA) is 64.7 Å². The maximum Gasteiger partial charge on any atom is 0.265 e. The summed E-state index contributed by atoms with van der Waals surface area (Å²) in [5.41, 5.74) is 4.65. The molecule has 27 heavy (non-hydrogen) atoms. The summed E-state index contributed by atoms with van der Waals surface area (Å²) in [7, 11) is 1.87. The van der Waals surface area contributed by atoms with Gasteiger partial charge < -0.3 is 5.32 Å². The summed E-state index contributed by atoms with van der Waals surface area (Å²) in [5, 5.41) is 13.0. The van der Waals surface area contributed by atoms with Crippen LogP contribution < -0.4 is 5.32 Å². The number of carbonyl (C=O) groups is 1. The van der Waals surface area contributed by atoms with Crippen molar-refractivity contribution in [3.8, 4) is 0 Å². The molecule has 0 fully saturated rings. The van der Waals surface area contributed by atoms with Crippen molar-refractivity contribution in [2.45, 2.75) is 27.3 Å². The van der Waals surface area contributed by atoms with E-state index in [1.54, 1.807) is 4.68 Å². The van der Waals surface area contributed by atoms with Crippen LogP contribution in [0.25, 0.3) is 10.2 Å². The van der Waals surface area contributed by atoms with E-state index in [1.165, 1.54) is 16.9 Å². The van der Waals surface area contributed by atoms with Gasteiger partial charge in [-0.1, -0.05) is 30.3 Å². The van der Waals surface area contributed by atoms with E-state index in [1.807, 2.05) is 56.8 Å². The zero-order chi connectivity index (χ0) is 19.1. The van der Waals surface area contributed by atoms with E-state index >= 15 is 0 Å². The average Bonchev–Trinajstić information content (AvgIpc) is 3.27. The average molecular weight is 379 g/mol. The minimum atomic E-state index is -0.110. The number of hydrogen-bond acceptors (Lipinski definition) is 4. The van der Waals surface area contributed by atoms with Crippen molar-refractivity contribution in [2.75, 3.05) is 5.32 Å². The summed E-state index contributed by atoms with van der Waals surface area (Å²) in [6, 6.07) is 12.1. The van der Waals surface area contributed by atoms with Crippen LogP contribution in [0.4, 0.5) is 5.69 Å². The molecule has 0 spiro atoms. The number of carbonyl (C=O) groups excluding carboxylic acids is 1. The second kappa shape index (κ2) is 6.66. The Morgan fingerprint density at radius 2 is 1.85 bits per heavy atom. The Hall–Kier alpha value is -2.93. The number of aryl methyl sites for hydroxylation is 3. The first-order valence-electron chi connectivity index (χ1n) is 8.76. The Kier molecular flexibility index (Phi) is 4.31. The molecule has 3 heterocycles. The molecule has 0 radical (unpaired) electrons. The highest BCUT2D eigenvalue weighted by molar-refractivity contribution is 7.20. The predicted molar refractivity (Wildman–Crippen MR) is 109 cm³/mol. The van der Waals surface area contributed by atoms with Gasteiger partial charge in [-0.15, -0.1) is 11.3 Å². The van der Waals surface area contributed by atoms with Gasteiger partial charge in [0.2, 0.25) is 0 Å². The number of fused-ring (bicyclic) bond motifs is 1. The number of rotatable bonds is 4. The third-order valence-electron chi connectivity index (χ3n) is 4.75. The molecule has 7 heteroatoms. The zero-order valence-electron chi connectivity index (χ0n) is 15.8. The number of anilines is 1. The van der Waals surface area contributed by atoms with Crippen molar-refractivity contribution < 1.29 is 4.79 Å². The highest BCUT2D eigenvalue weighted by Gasteiger charge is 2.19. The van der Waals surface area contributed by atoms with Gasteiger partial charge in [-0.05, 0) is 32.4 Å². The molecule has 0 aliphatic heterocycles. The van der Waals surface area contributed by atoms with Crippen molar-refractivity contribution in [3.63, 3.8) is 0 Å². The molecule has 3 aromatic heterocycles. The van der Waals surface area contributed by atoms with Crippen molar-refractivity contribution in [3.05, 3.63) is 63.9 Å². The lowest BCUT2D eigenvalue weighted by atomic mass is 10.2. The molecule has 0 atom stereocenters. The van der Waals surface area contributed by atoms with Crippen LogP contribution in [0.5, 0.6) is 0 Å². The number of amides is 1. The Balaban J connectivity index is 1.65. The molecule has 138 valence electrons. The maximum atomic E-state index is 12.8. The van der Waals surface area contributed by atoms with Gasteiger partial charge in [-0.25, -0.2) is 0 Å². The van der Waals surface area contributed by atoms with Gasteiger partial charge in [0.1, 0.15) is 4.83 Å². The quantitative estimate of drug-likeness (QED) is 0.582. The van der Waals surface area contributed by atoms with Crippen LogP contribution in [0, 0.1) is 20.8 Å². The normalized spacial score (nSPS) is 11.3.